The van der Waals surface area contributed by atoms with Crippen LogP contribution < -0.4 is 0 Å². The van der Waals surface area contributed by atoms with Crippen molar-refractivity contribution in [3.05, 3.63) is 0 Å². The van der Waals surface area contributed by atoms with Crippen LogP contribution in [0.3, 0.4) is 0 Å². The van der Waals surface area contributed by atoms with Crippen LogP contribution in [0.4, 0.5) is 0 Å². The highest BCUT2D eigenvalue weighted by Gasteiger charge is 2.29. The number of carbonyl (C=O) groups is 1. The number of ketones is 1. The maximum absolute atomic E-state index is 12.1. The second-order valence-electron chi connectivity index (χ2n) is 4.74. The molecule has 2 unspecified atom stereocenters. The van der Waals surface area contributed by atoms with Crippen molar-refractivity contribution in [1.82, 2.24) is 4.90 Å². The maximum Gasteiger partial charge on any atom is 0.165 e. The lowest BCUT2D eigenvalue weighted by Gasteiger charge is -2.33. The number of rotatable bonds is 7. The molecule has 1 fully saturated rings. The molecule has 0 N–H and O–H groups in total. The van der Waals surface area contributed by atoms with E-state index >= 15 is 0 Å². The van der Waals surface area contributed by atoms with Crippen molar-refractivity contribution in [2.75, 3.05) is 40.0 Å². The number of nitrogens with zero attached hydrogens (tertiary/aromatic N) is 1. The van der Waals surface area contributed by atoms with Crippen LogP contribution >= 0.6 is 0 Å². The number of methoxy groups -OCH3 is 1. The lowest BCUT2D eigenvalue weighted by atomic mass is 9.97. The van der Waals surface area contributed by atoms with Crippen LogP contribution in [-0.2, 0) is 14.3 Å². The van der Waals surface area contributed by atoms with Crippen molar-refractivity contribution in [2.24, 2.45) is 5.92 Å². The molecule has 1 heterocycles. The number of carbonyl (C=O) groups excluding carboxylic acids is 1. The molecule has 0 saturated carbocycles. The first-order valence-electron chi connectivity index (χ1n) is 6.55. The summed E-state index contributed by atoms with van der Waals surface area (Å²) < 4.78 is 10.6. The summed E-state index contributed by atoms with van der Waals surface area (Å²) >= 11 is 0. The molecule has 1 rings (SSSR count). The van der Waals surface area contributed by atoms with Crippen LogP contribution in [-0.4, -0.2) is 56.7 Å². The van der Waals surface area contributed by atoms with Gasteiger partial charge in [0.15, 0.2) is 5.78 Å². The molecule has 17 heavy (non-hydrogen) atoms. The van der Waals surface area contributed by atoms with Gasteiger partial charge in [-0.15, -0.1) is 0 Å². The van der Waals surface area contributed by atoms with Gasteiger partial charge in [-0.25, -0.2) is 0 Å². The highest BCUT2D eigenvalue weighted by Crippen LogP contribution is 2.13. The fourth-order valence-corrected chi connectivity index (χ4v) is 2.15. The van der Waals surface area contributed by atoms with Gasteiger partial charge < -0.3 is 9.47 Å². The maximum atomic E-state index is 12.1. The average Bonchev–Trinajstić information content (AvgIpc) is 2.35. The van der Waals surface area contributed by atoms with E-state index in [1.54, 1.807) is 7.11 Å². The fraction of sp³-hybridized carbons (Fsp3) is 0.923. The van der Waals surface area contributed by atoms with Crippen LogP contribution in [0.2, 0.25) is 0 Å². The molecule has 100 valence electrons. The second-order valence-corrected chi connectivity index (χ2v) is 4.74. The molecule has 0 aromatic carbocycles. The van der Waals surface area contributed by atoms with Gasteiger partial charge in [-0.3, -0.25) is 9.69 Å². The van der Waals surface area contributed by atoms with E-state index in [1.807, 2.05) is 6.92 Å². The first-order valence-corrected chi connectivity index (χ1v) is 6.55. The first kappa shape index (κ1) is 14.6. The number of ether oxygens (including phenoxy) is 2. The molecule has 4 heteroatoms. The van der Waals surface area contributed by atoms with Crippen molar-refractivity contribution >= 4 is 5.78 Å². The van der Waals surface area contributed by atoms with Crippen LogP contribution in [0.15, 0.2) is 0 Å². The van der Waals surface area contributed by atoms with Crippen molar-refractivity contribution in [3.8, 4) is 0 Å². The molecule has 4 nitrogen and oxygen atoms in total. The van der Waals surface area contributed by atoms with Gasteiger partial charge in [0.2, 0.25) is 0 Å². The van der Waals surface area contributed by atoms with Gasteiger partial charge in [0, 0.05) is 32.7 Å². The zero-order valence-corrected chi connectivity index (χ0v) is 11.3. The number of Topliss-reactive ketones (excluding diaryl/α,β-unsaturated/α-hetero) is 1. The zero-order chi connectivity index (χ0) is 12.7. The summed E-state index contributed by atoms with van der Waals surface area (Å²) in [5, 5.41) is 0. The monoisotopic (exact) mass is 243 g/mol. The number of hydrogen-bond acceptors (Lipinski definition) is 4. The van der Waals surface area contributed by atoms with Gasteiger partial charge in [0.25, 0.3) is 0 Å². The Bertz CT molecular complexity index is 231. The molecule has 0 bridgehead atoms. The number of morpholine rings is 1. The van der Waals surface area contributed by atoms with Crippen LogP contribution in [0, 0.1) is 5.92 Å². The van der Waals surface area contributed by atoms with Gasteiger partial charge in [0.1, 0.15) is 6.10 Å². The Morgan fingerprint density at radius 3 is 3.00 bits per heavy atom. The summed E-state index contributed by atoms with van der Waals surface area (Å²) in [4.78, 5) is 14.5. The highest BCUT2D eigenvalue weighted by molar-refractivity contribution is 5.85. The molecule has 2 atom stereocenters. The predicted molar refractivity (Wildman–Crippen MR) is 67.1 cm³/mol. The quantitative estimate of drug-likeness (QED) is 0.676. The van der Waals surface area contributed by atoms with E-state index in [-0.39, 0.29) is 17.8 Å². The van der Waals surface area contributed by atoms with E-state index in [0.717, 1.165) is 32.5 Å². The van der Waals surface area contributed by atoms with Gasteiger partial charge in [-0.1, -0.05) is 13.8 Å². The minimum atomic E-state index is -0.234. The fourth-order valence-electron chi connectivity index (χ4n) is 2.15. The standard InChI is InChI=1S/C13H25NO3/c1-4-6-14-7-9-17-12(10-14)13(15)11(2)5-8-16-3/h11-12H,4-10H2,1-3H3. The van der Waals surface area contributed by atoms with E-state index in [9.17, 15) is 4.79 Å². The molecular formula is C13H25NO3. The first-order chi connectivity index (χ1) is 8.19. The van der Waals surface area contributed by atoms with Gasteiger partial charge >= 0.3 is 0 Å². The lowest BCUT2D eigenvalue weighted by Crippen LogP contribution is -2.47. The SMILES string of the molecule is CCCN1CCOC(C(=O)C(C)CCOC)C1. The summed E-state index contributed by atoms with van der Waals surface area (Å²) in [5.41, 5.74) is 0. The topological polar surface area (TPSA) is 38.8 Å². The minimum Gasteiger partial charge on any atom is -0.385 e. The molecule has 1 aliphatic rings. The molecule has 1 saturated heterocycles. The molecule has 0 aromatic rings. The molecule has 0 spiro atoms. The van der Waals surface area contributed by atoms with Crippen LogP contribution in [0.25, 0.3) is 0 Å². The molecule has 0 aliphatic carbocycles. The molecular weight excluding hydrogens is 218 g/mol. The van der Waals surface area contributed by atoms with Gasteiger partial charge in [0.05, 0.1) is 6.61 Å². The zero-order valence-electron chi connectivity index (χ0n) is 11.3. The van der Waals surface area contributed by atoms with Crippen molar-refractivity contribution in [2.45, 2.75) is 32.8 Å². The minimum absolute atomic E-state index is 0.0292. The van der Waals surface area contributed by atoms with Crippen molar-refractivity contribution in [1.29, 1.82) is 0 Å². The van der Waals surface area contributed by atoms with E-state index in [0.29, 0.717) is 13.2 Å². The second kappa shape index (κ2) is 7.80. The third kappa shape index (κ3) is 4.74. The normalized spacial score (nSPS) is 23.6. The van der Waals surface area contributed by atoms with Crippen LogP contribution in [0.5, 0.6) is 0 Å². The summed E-state index contributed by atoms with van der Waals surface area (Å²) in [6, 6.07) is 0. The van der Waals surface area contributed by atoms with Crippen molar-refractivity contribution in [3.63, 3.8) is 0 Å². The molecule has 0 amide bonds. The van der Waals surface area contributed by atoms with Gasteiger partial charge in [-0.05, 0) is 19.4 Å². The summed E-state index contributed by atoms with van der Waals surface area (Å²) in [6.07, 6.45) is 1.67. The third-order valence-electron chi connectivity index (χ3n) is 3.25. The lowest BCUT2D eigenvalue weighted by molar-refractivity contribution is -0.140. The largest absolute Gasteiger partial charge is 0.385 e. The Morgan fingerprint density at radius 1 is 1.59 bits per heavy atom. The Labute approximate surface area is 104 Å². The predicted octanol–water partition coefficient (Wildman–Crippen LogP) is 1.34. The Kier molecular flexibility index (Phi) is 6.70. The molecule has 0 aromatic heterocycles. The molecule has 0 radical (unpaired) electrons. The van der Waals surface area contributed by atoms with E-state index in [2.05, 4.69) is 11.8 Å². The average molecular weight is 243 g/mol. The van der Waals surface area contributed by atoms with E-state index < -0.39 is 0 Å². The number of hydrogen-bond donors (Lipinski definition) is 0. The summed E-state index contributed by atoms with van der Waals surface area (Å²) in [7, 11) is 1.66. The Hall–Kier alpha value is -0.450. The van der Waals surface area contributed by atoms with E-state index in [4.69, 9.17) is 9.47 Å². The van der Waals surface area contributed by atoms with E-state index in [1.165, 1.54) is 0 Å². The third-order valence-corrected chi connectivity index (χ3v) is 3.25. The summed E-state index contributed by atoms with van der Waals surface area (Å²) in [5.74, 6) is 0.254. The van der Waals surface area contributed by atoms with Crippen molar-refractivity contribution < 1.29 is 14.3 Å². The summed E-state index contributed by atoms with van der Waals surface area (Å²) in [6.45, 7) is 8.19. The Balaban J connectivity index is 2.39. The molecule has 1 aliphatic heterocycles. The smallest absolute Gasteiger partial charge is 0.165 e. The highest BCUT2D eigenvalue weighted by atomic mass is 16.5. The van der Waals surface area contributed by atoms with Gasteiger partial charge in [-0.2, -0.15) is 0 Å². The van der Waals surface area contributed by atoms with Crippen LogP contribution in [0.1, 0.15) is 26.7 Å². The Morgan fingerprint density at radius 2 is 2.35 bits per heavy atom.